The molecule has 0 fully saturated rings. The fourth-order valence-electron chi connectivity index (χ4n) is 3.54. The number of para-hydroxylation sites is 1. The first kappa shape index (κ1) is 32.1. The summed E-state index contributed by atoms with van der Waals surface area (Å²) in [7, 11) is 0. The second-order valence-electron chi connectivity index (χ2n) is 9.32. The highest BCUT2D eigenvalue weighted by Crippen LogP contribution is 2.30. The van der Waals surface area contributed by atoms with E-state index in [4.69, 9.17) is 9.47 Å². The van der Waals surface area contributed by atoms with Crippen molar-refractivity contribution in [2.24, 2.45) is 0 Å². The standard InChI is InChI=1S/C26H41N3O7S/c1-7-16-29(24(33)19(14-17-37-6)28-25(34)36-26(3,4)5)22(18-11-9-10-12-20(18)30)23(32)27-15-13-21(31)35-8-2/h9-12,19,22,30H,7-8,13-17H2,1-6H3,(H,27,32)(H,28,34). The number of amides is 3. The van der Waals surface area contributed by atoms with Crippen LogP contribution in [0.3, 0.4) is 0 Å². The van der Waals surface area contributed by atoms with Crippen molar-refractivity contribution >= 4 is 35.6 Å². The van der Waals surface area contributed by atoms with E-state index < -0.39 is 41.6 Å². The summed E-state index contributed by atoms with van der Waals surface area (Å²) >= 11 is 1.52. The molecule has 0 spiro atoms. The lowest BCUT2D eigenvalue weighted by Gasteiger charge is -2.34. The zero-order chi connectivity index (χ0) is 28.0. The minimum absolute atomic E-state index is 0.00196. The summed E-state index contributed by atoms with van der Waals surface area (Å²) in [6.45, 7) is 9.15. The van der Waals surface area contributed by atoms with Gasteiger partial charge in [0.15, 0.2) is 0 Å². The number of hydrogen-bond acceptors (Lipinski definition) is 8. The molecule has 0 heterocycles. The van der Waals surface area contributed by atoms with Gasteiger partial charge in [-0.1, -0.05) is 25.1 Å². The van der Waals surface area contributed by atoms with Gasteiger partial charge < -0.3 is 30.1 Å². The Labute approximate surface area is 223 Å². The van der Waals surface area contributed by atoms with Gasteiger partial charge in [-0.2, -0.15) is 11.8 Å². The first-order chi connectivity index (χ1) is 17.4. The smallest absolute Gasteiger partial charge is 0.408 e. The number of alkyl carbamates (subject to hydrolysis) is 1. The predicted molar refractivity (Wildman–Crippen MR) is 143 cm³/mol. The van der Waals surface area contributed by atoms with Gasteiger partial charge >= 0.3 is 12.1 Å². The fourth-order valence-corrected chi connectivity index (χ4v) is 4.01. The molecule has 0 radical (unpaired) electrons. The summed E-state index contributed by atoms with van der Waals surface area (Å²) in [5.74, 6) is -1.06. The second-order valence-corrected chi connectivity index (χ2v) is 10.3. The van der Waals surface area contributed by atoms with Crippen LogP contribution in [0, 0.1) is 0 Å². The molecule has 2 atom stereocenters. The number of hydrogen-bond donors (Lipinski definition) is 3. The Morgan fingerprint density at radius 1 is 1.14 bits per heavy atom. The van der Waals surface area contributed by atoms with Crippen LogP contribution in [0.1, 0.15) is 65.5 Å². The maximum atomic E-state index is 13.8. The zero-order valence-corrected chi connectivity index (χ0v) is 23.5. The van der Waals surface area contributed by atoms with Crippen molar-refractivity contribution in [1.29, 1.82) is 0 Å². The molecule has 10 nitrogen and oxygen atoms in total. The highest BCUT2D eigenvalue weighted by Gasteiger charge is 2.36. The lowest BCUT2D eigenvalue weighted by Crippen LogP contribution is -2.53. The molecular weight excluding hydrogens is 498 g/mol. The molecule has 1 aromatic carbocycles. The topological polar surface area (TPSA) is 134 Å². The molecule has 3 N–H and O–H groups in total. The largest absolute Gasteiger partial charge is 0.508 e. The average Bonchev–Trinajstić information content (AvgIpc) is 2.81. The van der Waals surface area contributed by atoms with Crippen LogP contribution in [-0.2, 0) is 23.9 Å². The van der Waals surface area contributed by atoms with Crippen LogP contribution in [0.2, 0.25) is 0 Å². The van der Waals surface area contributed by atoms with Crippen LogP contribution in [0.4, 0.5) is 4.79 Å². The second kappa shape index (κ2) is 16.0. The SMILES string of the molecule is CCCN(C(=O)C(CCSC)NC(=O)OC(C)(C)C)C(C(=O)NCCC(=O)OCC)c1ccccc1O. The molecule has 3 amide bonds. The number of aromatic hydroxyl groups is 1. The van der Waals surface area contributed by atoms with Crippen LogP contribution < -0.4 is 10.6 Å². The number of ether oxygens (including phenoxy) is 2. The summed E-state index contributed by atoms with van der Waals surface area (Å²) in [6, 6.07) is 4.15. The van der Waals surface area contributed by atoms with E-state index >= 15 is 0 Å². The Hall–Kier alpha value is -2.95. The van der Waals surface area contributed by atoms with E-state index in [-0.39, 0.29) is 37.4 Å². The van der Waals surface area contributed by atoms with Crippen LogP contribution in [0.5, 0.6) is 5.75 Å². The summed E-state index contributed by atoms with van der Waals surface area (Å²) in [6.07, 6.45) is 1.96. The van der Waals surface area contributed by atoms with Crippen LogP contribution in [0.15, 0.2) is 24.3 Å². The van der Waals surface area contributed by atoms with Crippen LogP contribution in [-0.4, -0.2) is 77.2 Å². The number of rotatable bonds is 14. The molecule has 2 unspecified atom stereocenters. The van der Waals surface area contributed by atoms with Crippen LogP contribution in [0.25, 0.3) is 0 Å². The Morgan fingerprint density at radius 2 is 1.81 bits per heavy atom. The van der Waals surface area contributed by atoms with Crippen LogP contribution >= 0.6 is 11.8 Å². The van der Waals surface area contributed by atoms with Gasteiger partial charge in [0.05, 0.1) is 13.0 Å². The molecule has 11 heteroatoms. The normalized spacial score (nSPS) is 12.7. The highest BCUT2D eigenvalue weighted by molar-refractivity contribution is 7.98. The van der Waals surface area contributed by atoms with Gasteiger partial charge in [0, 0.05) is 18.7 Å². The third-order valence-corrected chi connectivity index (χ3v) is 5.72. The maximum Gasteiger partial charge on any atom is 0.408 e. The van der Waals surface area contributed by atoms with Gasteiger partial charge in [0.25, 0.3) is 0 Å². The van der Waals surface area contributed by atoms with E-state index in [1.165, 1.54) is 22.7 Å². The molecule has 1 aromatic rings. The Kier molecular flexibility index (Phi) is 13.9. The lowest BCUT2D eigenvalue weighted by atomic mass is 10.0. The molecule has 0 aliphatic rings. The summed E-state index contributed by atoms with van der Waals surface area (Å²) in [5, 5.41) is 15.9. The third-order valence-electron chi connectivity index (χ3n) is 5.07. The van der Waals surface area contributed by atoms with E-state index in [9.17, 15) is 24.3 Å². The third kappa shape index (κ3) is 11.3. The number of carbonyl (C=O) groups excluding carboxylic acids is 4. The summed E-state index contributed by atoms with van der Waals surface area (Å²) in [5.41, 5.74) is -0.517. The molecule has 1 rings (SSSR count). The number of carbonyl (C=O) groups is 4. The molecular formula is C26H41N3O7S. The highest BCUT2D eigenvalue weighted by atomic mass is 32.2. The lowest BCUT2D eigenvalue weighted by molar-refractivity contribution is -0.144. The van der Waals surface area contributed by atoms with Gasteiger partial charge in [-0.05, 0) is 58.6 Å². The van der Waals surface area contributed by atoms with Gasteiger partial charge in [0.1, 0.15) is 23.4 Å². The van der Waals surface area contributed by atoms with Gasteiger partial charge in [-0.25, -0.2) is 4.79 Å². The molecule has 0 saturated carbocycles. The fraction of sp³-hybridized carbons (Fsp3) is 0.615. The number of phenolic OH excluding ortho intramolecular Hbond substituents is 1. The van der Waals surface area contributed by atoms with E-state index in [1.54, 1.807) is 45.9 Å². The first-order valence-corrected chi connectivity index (χ1v) is 13.8. The molecule has 0 aliphatic carbocycles. The predicted octanol–water partition coefficient (Wildman–Crippen LogP) is 3.39. The van der Waals surface area contributed by atoms with E-state index in [0.717, 1.165) is 0 Å². The number of esters is 1. The average molecular weight is 540 g/mol. The van der Waals surface area contributed by atoms with Gasteiger partial charge in [-0.15, -0.1) is 0 Å². The summed E-state index contributed by atoms with van der Waals surface area (Å²) in [4.78, 5) is 52.9. The minimum atomic E-state index is -1.19. The van der Waals surface area contributed by atoms with Crippen molar-refractivity contribution in [3.63, 3.8) is 0 Å². The van der Waals surface area contributed by atoms with Gasteiger partial charge in [-0.3, -0.25) is 14.4 Å². The Bertz CT molecular complexity index is 904. The van der Waals surface area contributed by atoms with Crippen molar-refractivity contribution in [1.82, 2.24) is 15.5 Å². The molecule has 208 valence electrons. The number of benzene rings is 1. The van der Waals surface area contributed by atoms with E-state index in [0.29, 0.717) is 18.6 Å². The maximum absolute atomic E-state index is 13.8. The van der Waals surface area contributed by atoms with Crippen molar-refractivity contribution in [3.05, 3.63) is 29.8 Å². The molecule has 37 heavy (non-hydrogen) atoms. The van der Waals surface area contributed by atoms with E-state index in [2.05, 4.69) is 10.6 Å². The van der Waals surface area contributed by atoms with Crippen molar-refractivity contribution in [2.75, 3.05) is 31.7 Å². The zero-order valence-electron chi connectivity index (χ0n) is 22.7. The van der Waals surface area contributed by atoms with Gasteiger partial charge in [0.2, 0.25) is 11.8 Å². The number of thioether (sulfide) groups is 1. The monoisotopic (exact) mass is 539 g/mol. The molecule has 0 aliphatic heterocycles. The number of nitrogens with one attached hydrogen (secondary N) is 2. The quantitative estimate of drug-likeness (QED) is 0.306. The Balaban J connectivity index is 3.33. The molecule has 0 aromatic heterocycles. The van der Waals surface area contributed by atoms with Crippen molar-refractivity contribution in [3.8, 4) is 5.75 Å². The number of phenols is 1. The Morgan fingerprint density at radius 3 is 2.38 bits per heavy atom. The molecule has 0 saturated heterocycles. The van der Waals surface area contributed by atoms with Crippen molar-refractivity contribution < 1.29 is 33.8 Å². The van der Waals surface area contributed by atoms with Crippen molar-refractivity contribution in [2.45, 2.75) is 71.6 Å². The minimum Gasteiger partial charge on any atom is -0.508 e. The summed E-state index contributed by atoms with van der Waals surface area (Å²) < 4.78 is 10.3. The number of nitrogens with zero attached hydrogens (tertiary/aromatic N) is 1. The van der Waals surface area contributed by atoms with E-state index in [1.807, 2.05) is 13.2 Å². The molecule has 0 bridgehead atoms. The first-order valence-electron chi connectivity index (χ1n) is 12.4.